The van der Waals surface area contributed by atoms with Crippen molar-refractivity contribution in [2.75, 3.05) is 5.32 Å². The number of H-pyrrole nitrogens is 1. The molecule has 1 aromatic carbocycles. The van der Waals surface area contributed by atoms with Gasteiger partial charge in [-0.3, -0.25) is 4.79 Å². The van der Waals surface area contributed by atoms with Crippen LogP contribution >= 0.6 is 0 Å². The standard InChI is InChI=1S/C10H8N4O/c1-2-3-10(15)11-7-4-5-8-9(6-7)13-14-12-8/h4-6H,1H3,(H,11,15)(H,12,13,14). The van der Waals surface area contributed by atoms with E-state index in [0.29, 0.717) is 11.2 Å². The predicted molar refractivity (Wildman–Crippen MR) is 56.0 cm³/mol. The van der Waals surface area contributed by atoms with Gasteiger partial charge in [0.25, 0.3) is 5.91 Å². The van der Waals surface area contributed by atoms with Crippen LogP contribution in [-0.4, -0.2) is 21.3 Å². The van der Waals surface area contributed by atoms with E-state index in [4.69, 9.17) is 0 Å². The van der Waals surface area contributed by atoms with Gasteiger partial charge in [0.1, 0.15) is 11.0 Å². The molecule has 5 nitrogen and oxygen atoms in total. The van der Waals surface area contributed by atoms with Crippen molar-refractivity contribution in [3.8, 4) is 11.8 Å². The first-order valence-corrected chi connectivity index (χ1v) is 4.34. The molecule has 2 aromatic rings. The van der Waals surface area contributed by atoms with E-state index in [1.54, 1.807) is 25.1 Å². The summed E-state index contributed by atoms with van der Waals surface area (Å²) in [6.45, 7) is 1.61. The number of rotatable bonds is 1. The van der Waals surface area contributed by atoms with Crippen LogP contribution in [0.4, 0.5) is 5.69 Å². The fourth-order valence-electron chi connectivity index (χ4n) is 1.19. The first kappa shape index (κ1) is 9.21. The normalized spacial score (nSPS) is 9.40. The van der Waals surface area contributed by atoms with Gasteiger partial charge in [0.15, 0.2) is 0 Å². The van der Waals surface area contributed by atoms with Gasteiger partial charge < -0.3 is 5.32 Å². The number of hydrogen-bond acceptors (Lipinski definition) is 3. The van der Waals surface area contributed by atoms with E-state index in [0.717, 1.165) is 5.52 Å². The number of nitrogens with one attached hydrogen (secondary N) is 2. The van der Waals surface area contributed by atoms with Crippen LogP contribution in [0.2, 0.25) is 0 Å². The third-order valence-corrected chi connectivity index (χ3v) is 1.81. The van der Waals surface area contributed by atoms with E-state index in [9.17, 15) is 4.79 Å². The van der Waals surface area contributed by atoms with Gasteiger partial charge in [0.2, 0.25) is 0 Å². The number of aromatic nitrogens is 3. The number of benzene rings is 1. The van der Waals surface area contributed by atoms with Gasteiger partial charge >= 0.3 is 0 Å². The topological polar surface area (TPSA) is 70.7 Å². The van der Waals surface area contributed by atoms with Crippen LogP contribution < -0.4 is 5.32 Å². The number of amides is 1. The largest absolute Gasteiger partial charge is 0.315 e. The summed E-state index contributed by atoms with van der Waals surface area (Å²) in [6, 6.07) is 5.25. The van der Waals surface area contributed by atoms with Gasteiger partial charge in [-0.2, -0.15) is 15.4 Å². The van der Waals surface area contributed by atoms with Crippen molar-refractivity contribution in [1.82, 2.24) is 15.4 Å². The molecule has 5 heteroatoms. The summed E-state index contributed by atoms with van der Waals surface area (Å²) >= 11 is 0. The SMILES string of the molecule is CC#CC(=O)Nc1ccc2n[nH]nc2c1. The van der Waals surface area contributed by atoms with E-state index >= 15 is 0 Å². The van der Waals surface area contributed by atoms with Crippen molar-refractivity contribution in [1.29, 1.82) is 0 Å². The molecule has 1 aromatic heterocycles. The monoisotopic (exact) mass is 200 g/mol. The second-order valence-electron chi connectivity index (χ2n) is 2.86. The Bertz CT molecular complexity index is 561. The fraction of sp³-hybridized carbons (Fsp3) is 0.100. The summed E-state index contributed by atoms with van der Waals surface area (Å²) in [5.74, 6) is 4.58. The Hall–Kier alpha value is -2.35. The lowest BCUT2D eigenvalue weighted by molar-refractivity contribution is -0.111. The summed E-state index contributed by atoms with van der Waals surface area (Å²) in [7, 11) is 0. The molecule has 74 valence electrons. The molecule has 0 saturated heterocycles. The molecule has 2 rings (SSSR count). The summed E-state index contributed by atoms with van der Waals surface area (Å²) in [6.07, 6.45) is 0. The molecule has 1 amide bonds. The second-order valence-corrected chi connectivity index (χ2v) is 2.86. The number of nitrogens with zero attached hydrogens (tertiary/aromatic N) is 2. The highest BCUT2D eigenvalue weighted by Crippen LogP contribution is 2.14. The lowest BCUT2D eigenvalue weighted by Crippen LogP contribution is -2.07. The molecule has 0 aliphatic rings. The lowest BCUT2D eigenvalue weighted by Gasteiger charge is -1.98. The molecule has 0 fully saturated rings. The van der Waals surface area contributed by atoms with E-state index in [2.05, 4.69) is 32.6 Å². The minimum absolute atomic E-state index is 0.333. The summed E-state index contributed by atoms with van der Waals surface area (Å²) in [5, 5.41) is 12.9. The maximum atomic E-state index is 11.2. The molecule has 15 heavy (non-hydrogen) atoms. The van der Waals surface area contributed by atoms with Crippen LogP contribution in [0.3, 0.4) is 0 Å². The van der Waals surface area contributed by atoms with Gasteiger partial charge in [0.05, 0.1) is 0 Å². The fourth-order valence-corrected chi connectivity index (χ4v) is 1.19. The molecule has 2 N–H and O–H groups in total. The van der Waals surface area contributed by atoms with E-state index in [-0.39, 0.29) is 5.91 Å². The van der Waals surface area contributed by atoms with Crippen molar-refractivity contribution in [3.63, 3.8) is 0 Å². The van der Waals surface area contributed by atoms with Crippen molar-refractivity contribution in [3.05, 3.63) is 18.2 Å². The predicted octanol–water partition coefficient (Wildman–Crippen LogP) is 0.920. The van der Waals surface area contributed by atoms with Crippen molar-refractivity contribution >= 4 is 22.6 Å². The van der Waals surface area contributed by atoms with Crippen LogP contribution in [-0.2, 0) is 4.79 Å². The van der Waals surface area contributed by atoms with Gasteiger partial charge in [0, 0.05) is 5.69 Å². The Morgan fingerprint density at radius 2 is 2.20 bits per heavy atom. The zero-order valence-electron chi connectivity index (χ0n) is 8.03. The average Bonchev–Trinajstić information content (AvgIpc) is 2.65. The smallest absolute Gasteiger partial charge is 0.300 e. The Balaban J connectivity index is 2.27. The number of fused-ring (bicyclic) bond motifs is 1. The van der Waals surface area contributed by atoms with E-state index in [1.807, 2.05) is 0 Å². The Morgan fingerprint density at radius 1 is 1.40 bits per heavy atom. The molecule has 0 aliphatic carbocycles. The number of anilines is 1. The number of carbonyl (C=O) groups excluding carboxylic acids is 1. The summed E-state index contributed by atoms with van der Waals surface area (Å²) < 4.78 is 0. The van der Waals surface area contributed by atoms with Crippen molar-refractivity contribution < 1.29 is 4.79 Å². The Labute approximate surface area is 85.9 Å². The molecular formula is C10H8N4O. The quantitative estimate of drug-likeness (QED) is 0.672. The molecule has 1 heterocycles. The number of carbonyl (C=O) groups is 1. The second kappa shape index (κ2) is 3.80. The number of hydrogen-bond donors (Lipinski definition) is 2. The van der Waals surface area contributed by atoms with Crippen LogP contribution in [0.1, 0.15) is 6.92 Å². The highest BCUT2D eigenvalue weighted by molar-refractivity contribution is 6.04. The first-order valence-electron chi connectivity index (χ1n) is 4.34. The Kier molecular flexibility index (Phi) is 2.33. The molecule has 0 saturated carbocycles. The Morgan fingerprint density at radius 3 is 3.00 bits per heavy atom. The molecule has 0 aliphatic heterocycles. The average molecular weight is 200 g/mol. The van der Waals surface area contributed by atoms with Gasteiger partial charge in [-0.15, -0.1) is 0 Å². The minimum Gasteiger partial charge on any atom is -0.315 e. The zero-order chi connectivity index (χ0) is 10.7. The lowest BCUT2D eigenvalue weighted by atomic mass is 10.3. The van der Waals surface area contributed by atoms with Crippen LogP contribution in [0, 0.1) is 11.8 Å². The van der Waals surface area contributed by atoms with Gasteiger partial charge in [-0.25, -0.2) is 0 Å². The zero-order valence-corrected chi connectivity index (χ0v) is 8.03. The van der Waals surface area contributed by atoms with E-state index < -0.39 is 0 Å². The third-order valence-electron chi connectivity index (χ3n) is 1.81. The highest BCUT2D eigenvalue weighted by Gasteiger charge is 2.01. The van der Waals surface area contributed by atoms with E-state index in [1.165, 1.54) is 0 Å². The molecule has 0 bridgehead atoms. The van der Waals surface area contributed by atoms with Gasteiger partial charge in [-0.05, 0) is 31.0 Å². The van der Waals surface area contributed by atoms with Crippen molar-refractivity contribution in [2.45, 2.75) is 6.92 Å². The van der Waals surface area contributed by atoms with Crippen LogP contribution in [0.5, 0.6) is 0 Å². The molecule has 0 radical (unpaired) electrons. The first-order chi connectivity index (χ1) is 7.29. The summed E-state index contributed by atoms with van der Waals surface area (Å²) in [4.78, 5) is 11.2. The third kappa shape index (κ3) is 1.94. The summed E-state index contributed by atoms with van der Waals surface area (Å²) in [5.41, 5.74) is 2.12. The maximum absolute atomic E-state index is 11.2. The maximum Gasteiger partial charge on any atom is 0.300 e. The minimum atomic E-state index is -0.333. The number of aromatic amines is 1. The van der Waals surface area contributed by atoms with Crippen molar-refractivity contribution in [2.24, 2.45) is 0 Å². The molecular weight excluding hydrogens is 192 g/mol. The molecule has 0 spiro atoms. The van der Waals surface area contributed by atoms with Crippen LogP contribution in [0.15, 0.2) is 18.2 Å². The van der Waals surface area contributed by atoms with Crippen LogP contribution in [0.25, 0.3) is 11.0 Å². The molecule has 0 atom stereocenters. The van der Waals surface area contributed by atoms with Gasteiger partial charge in [-0.1, -0.05) is 5.92 Å². The highest BCUT2D eigenvalue weighted by atomic mass is 16.1. The molecule has 0 unspecified atom stereocenters.